The first-order chi connectivity index (χ1) is 12.8. The Morgan fingerprint density at radius 1 is 1.19 bits per heavy atom. The highest BCUT2D eigenvalue weighted by molar-refractivity contribution is 7.89. The quantitative estimate of drug-likeness (QED) is 0.772. The van der Waals surface area contributed by atoms with Crippen molar-refractivity contribution in [1.82, 2.24) is 14.4 Å². The number of sulfonamides is 1. The molecule has 1 amide bonds. The fourth-order valence-electron chi connectivity index (χ4n) is 3.22. The van der Waals surface area contributed by atoms with Gasteiger partial charge in [0, 0.05) is 38.2 Å². The summed E-state index contributed by atoms with van der Waals surface area (Å²) < 4.78 is 45.4. The molecular formula is C18H22FN3O4S. The summed E-state index contributed by atoms with van der Waals surface area (Å²) in [7, 11) is -3.90. The Morgan fingerprint density at radius 3 is 2.44 bits per heavy atom. The van der Waals surface area contributed by atoms with Gasteiger partial charge in [0.2, 0.25) is 15.9 Å². The maximum Gasteiger partial charge on any atom is 0.246 e. The SMILES string of the molecule is Cc1noc(C)c1CCC(=O)N1CCN(S(=O)(=O)c2ccccc2F)CC1. The molecular weight excluding hydrogens is 373 g/mol. The summed E-state index contributed by atoms with van der Waals surface area (Å²) in [6.07, 6.45) is 0.844. The molecule has 2 heterocycles. The first-order valence-electron chi connectivity index (χ1n) is 8.75. The van der Waals surface area contributed by atoms with Gasteiger partial charge < -0.3 is 9.42 Å². The molecule has 0 bridgehead atoms. The van der Waals surface area contributed by atoms with E-state index in [0.717, 1.165) is 17.3 Å². The van der Waals surface area contributed by atoms with Gasteiger partial charge in [-0.2, -0.15) is 4.31 Å². The van der Waals surface area contributed by atoms with Crippen LogP contribution in [0.2, 0.25) is 0 Å². The summed E-state index contributed by atoms with van der Waals surface area (Å²) in [5.41, 5.74) is 1.71. The van der Waals surface area contributed by atoms with Crippen molar-refractivity contribution in [2.24, 2.45) is 0 Å². The monoisotopic (exact) mass is 395 g/mol. The molecule has 0 aliphatic carbocycles. The number of piperazine rings is 1. The number of nitrogens with zero attached hydrogens (tertiary/aromatic N) is 3. The summed E-state index contributed by atoms with van der Waals surface area (Å²) in [6, 6.07) is 5.32. The Kier molecular flexibility index (Phi) is 5.61. The molecule has 7 nitrogen and oxygen atoms in total. The van der Waals surface area contributed by atoms with E-state index in [2.05, 4.69) is 5.16 Å². The second-order valence-corrected chi connectivity index (χ2v) is 8.42. The van der Waals surface area contributed by atoms with Crippen molar-refractivity contribution in [2.45, 2.75) is 31.6 Å². The Balaban J connectivity index is 1.58. The molecule has 3 rings (SSSR count). The van der Waals surface area contributed by atoms with Crippen molar-refractivity contribution < 1.29 is 22.1 Å². The molecule has 0 unspecified atom stereocenters. The fourth-order valence-corrected chi connectivity index (χ4v) is 4.71. The van der Waals surface area contributed by atoms with Gasteiger partial charge in [-0.05, 0) is 32.4 Å². The minimum atomic E-state index is -3.90. The molecule has 0 N–H and O–H groups in total. The molecule has 0 atom stereocenters. The molecule has 146 valence electrons. The highest BCUT2D eigenvalue weighted by Crippen LogP contribution is 2.21. The van der Waals surface area contributed by atoms with Crippen LogP contribution < -0.4 is 0 Å². The van der Waals surface area contributed by atoms with Gasteiger partial charge >= 0.3 is 0 Å². The van der Waals surface area contributed by atoms with E-state index in [-0.39, 0.29) is 37.0 Å². The van der Waals surface area contributed by atoms with Crippen LogP contribution >= 0.6 is 0 Å². The lowest BCUT2D eigenvalue weighted by molar-refractivity contribution is -0.132. The number of carbonyl (C=O) groups excluding carboxylic acids is 1. The van der Waals surface area contributed by atoms with Crippen LogP contribution in [0.5, 0.6) is 0 Å². The maximum atomic E-state index is 13.9. The molecule has 1 aliphatic rings. The van der Waals surface area contributed by atoms with Gasteiger partial charge in [0.25, 0.3) is 0 Å². The number of carbonyl (C=O) groups is 1. The Hall–Kier alpha value is -2.26. The standard InChI is InChI=1S/C18H22FN3O4S/c1-13-15(14(2)26-20-13)7-8-18(23)21-9-11-22(12-10-21)27(24,25)17-6-4-3-5-16(17)19/h3-6H,7-12H2,1-2H3. The summed E-state index contributed by atoms with van der Waals surface area (Å²) in [5.74, 6) is -0.102. The number of halogens is 1. The zero-order valence-electron chi connectivity index (χ0n) is 15.3. The van der Waals surface area contributed by atoms with Gasteiger partial charge in [0.15, 0.2) is 0 Å². The number of rotatable bonds is 5. The van der Waals surface area contributed by atoms with Crippen molar-refractivity contribution in [3.8, 4) is 0 Å². The van der Waals surface area contributed by atoms with E-state index in [1.54, 1.807) is 4.90 Å². The van der Waals surface area contributed by atoms with Crippen molar-refractivity contribution in [3.05, 3.63) is 47.1 Å². The Morgan fingerprint density at radius 2 is 1.85 bits per heavy atom. The number of hydrogen-bond donors (Lipinski definition) is 0. The molecule has 1 aromatic heterocycles. The Bertz CT molecular complexity index is 914. The third-order valence-corrected chi connectivity index (χ3v) is 6.75. The first-order valence-corrected chi connectivity index (χ1v) is 10.2. The second kappa shape index (κ2) is 7.77. The van der Waals surface area contributed by atoms with E-state index in [1.165, 1.54) is 22.5 Å². The molecule has 27 heavy (non-hydrogen) atoms. The first kappa shape index (κ1) is 19.5. The summed E-state index contributed by atoms with van der Waals surface area (Å²) >= 11 is 0. The second-order valence-electron chi connectivity index (χ2n) is 6.52. The molecule has 1 aromatic carbocycles. The topological polar surface area (TPSA) is 83.7 Å². The molecule has 9 heteroatoms. The number of hydrogen-bond acceptors (Lipinski definition) is 5. The van der Waals surface area contributed by atoms with E-state index in [4.69, 9.17) is 4.52 Å². The number of aromatic nitrogens is 1. The van der Waals surface area contributed by atoms with Gasteiger partial charge in [-0.15, -0.1) is 0 Å². The molecule has 0 radical (unpaired) electrons. The normalized spacial score (nSPS) is 15.9. The van der Waals surface area contributed by atoms with E-state index in [9.17, 15) is 17.6 Å². The van der Waals surface area contributed by atoms with Gasteiger partial charge in [-0.25, -0.2) is 12.8 Å². The number of aryl methyl sites for hydroxylation is 2. The summed E-state index contributed by atoms with van der Waals surface area (Å²) in [6.45, 7) is 4.51. The van der Waals surface area contributed by atoms with Crippen LogP contribution in [0.1, 0.15) is 23.4 Å². The maximum absolute atomic E-state index is 13.9. The fraction of sp³-hybridized carbons (Fsp3) is 0.444. The molecule has 2 aromatic rings. The highest BCUT2D eigenvalue weighted by Gasteiger charge is 2.31. The average molecular weight is 395 g/mol. The molecule has 1 fully saturated rings. The minimum Gasteiger partial charge on any atom is -0.361 e. The predicted molar refractivity (Wildman–Crippen MR) is 96.0 cm³/mol. The lowest BCUT2D eigenvalue weighted by atomic mass is 10.1. The van der Waals surface area contributed by atoms with Gasteiger partial charge in [0.05, 0.1) is 5.69 Å². The largest absolute Gasteiger partial charge is 0.361 e. The third kappa shape index (κ3) is 4.03. The zero-order valence-corrected chi connectivity index (χ0v) is 16.1. The van der Waals surface area contributed by atoms with Crippen LogP contribution in [-0.2, 0) is 21.2 Å². The molecule has 0 saturated carbocycles. The number of benzene rings is 1. The van der Waals surface area contributed by atoms with Crippen LogP contribution in [0, 0.1) is 19.7 Å². The zero-order chi connectivity index (χ0) is 19.6. The summed E-state index contributed by atoms with van der Waals surface area (Å²) in [4.78, 5) is 13.8. The van der Waals surface area contributed by atoms with E-state index in [0.29, 0.717) is 18.6 Å². The predicted octanol–water partition coefficient (Wildman–Crippen LogP) is 1.90. The van der Waals surface area contributed by atoms with Crippen molar-refractivity contribution >= 4 is 15.9 Å². The molecule has 0 spiro atoms. The van der Waals surface area contributed by atoms with Gasteiger partial charge in [-0.1, -0.05) is 17.3 Å². The average Bonchev–Trinajstić information content (AvgIpc) is 2.98. The van der Waals surface area contributed by atoms with E-state index >= 15 is 0 Å². The summed E-state index contributed by atoms with van der Waals surface area (Å²) in [5, 5.41) is 3.88. The molecule has 1 aliphatic heterocycles. The van der Waals surface area contributed by atoms with Crippen molar-refractivity contribution in [1.29, 1.82) is 0 Å². The van der Waals surface area contributed by atoms with Crippen LogP contribution in [0.25, 0.3) is 0 Å². The van der Waals surface area contributed by atoms with Crippen LogP contribution in [0.3, 0.4) is 0 Å². The van der Waals surface area contributed by atoms with Crippen molar-refractivity contribution in [3.63, 3.8) is 0 Å². The van der Waals surface area contributed by atoms with Gasteiger partial charge in [-0.3, -0.25) is 4.79 Å². The van der Waals surface area contributed by atoms with Crippen LogP contribution in [0.4, 0.5) is 4.39 Å². The van der Waals surface area contributed by atoms with Crippen LogP contribution in [0.15, 0.2) is 33.7 Å². The van der Waals surface area contributed by atoms with Gasteiger partial charge in [0.1, 0.15) is 16.5 Å². The smallest absolute Gasteiger partial charge is 0.246 e. The van der Waals surface area contributed by atoms with Crippen LogP contribution in [-0.4, -0.2) is 54.9 Å². The third-order valence-electron chi connectivity index (χ3n) is 4.82. The molecule has 1 saturated heterocycles. The number of amides is 1. The lowest BCUT2D eigenvalue weighted by Crippen LogP contribution is -2.50. The van der Waals surface area contributed by atoms with Crippen molar-refractivity contribution in [2.75, 3.05) is 26.2 Å². The van der Waals surface area contributed by atoms with E-state index in [1.807, 2.05) is 13.8 Å². The lowest BCUT2D eigenvalue weighted by Gasteiger charge is -2.34. The highest BCUT2D eigenvalue weighted by atomic mass is 32.2. The minimum absolute atomic E-state index is 0.0436. The van der Waals surface area contributed by atoms with E-state index < -0.39 is 15.8 Å². The Labute approximate surface area is 157 Å².